The molecule has 0 bridgehead atoms. The van der Waals surface area contributed by atoms with Crippen molar-refractivity contribution in [2.24, 2.45) is 0 Å². The van der Waals surface area contributed by atoms with Gasteiger partial charge in [-0.15, -0.1) is 0 Å². The van der Waals surface area contributed by atoms with Gasteiger partial charge in [0.2, 0.25) is 11.9 Å². The van der Waals surface area contributed by atoms with Gasteiger partial charge in [-0.05, 0) is 6.07 Å². The second-order valence-electron chi connectivity index (χ2n) is 3.60. The fourth-order valence-corrected chi connectivity index (χ4v) is 1.48. The van der Waals surface area contributed by atoms with Crippen LogP contribution in [0.4, 0.5) is 10.7 Å². The highest BCUT2D eigenvalue weighted by atomic mass is 16.6. The van der Waals surface area contributed by atoms with E-state index in [0.717, 1.165) is 0 Å². The molecule has 1 aromatic heterocycles. The highest BCUT2D eigenvalue weighted by molar-refractivity contribution is 5.87. The van der Waals surface area contributed by atoms with Gasteiger partial charge in [0, 0.05) is 19.3 Å². The molecule has 0 aliphatic carbocycles. The van der Waals surface area contributed by atoms with Crippen LogP contribution in [0.2, 0.25) is 0 Å². The summed E-state index contributed by atoms with van der Waals surface area (Å²) in [7, 11) is 0. The number of nitrogens with one attached hydrogen (secondary N) is 1. The van der Waals surface area contributed by atoms with Gasteiger partial charge in [0.05, 0.1) is 13.1 Å². The second kappa shape index (κ2) is 4.77. The minimum absolute atomic E-state index is 0.157. The van der Waals surface area contributed by atoms with Gasteiger partial charge in [0.25, 0.3) is 0 Å². The van der Waals surface area contributed by atoms with Crippen LogP contribution in [0.1, 0.15) is 6.92 Å². The molecule has 7 nitrogen and oxygen atoms in total. The minimum atomic E-state index is -0.494. The number of hydrogen-bond acceptors (Lipinski definition) is 5. The summed E-state index contributed by atoms with van der Waals surface area (Å²) in [5, 5.41) is 2.60. The van der Waals surface area contributed by atoms with Crippen molar-refractivity contribution in [1.82, 2.24) is 15.3 Å². The molecule has 2 rings (SSSR count). The third kappa shape index (κ3) is 2.68. The fourth-order valence-electron chi connectivity index (χ4n) is 1.48. The van der Waals surface area contributed by atoms with E-state index in [1.54, 1.807) is 18.5 Å². The van der Waals surface area contributed by atoms with Gasteiger partial charge in [-0.2, -0.15) is 0 Å². The Morgan fingerprint density at radius 3 is 2.94 bits per heavy atom. The van der Waals surface area contributed by atoms with Crippen molar-refractivity contribution in [2.75, 3.05) is 18.0 Å². The standard InChI is InChI=1S/C10H12N4O3/c1-7(15)13-5-8-6-14(10(16)17-8)9-11-3-2-4-12-9/h2-4,8H,5-6H2,1H3,(H,13,15). The molecule has 0 saturated carbocycles. The summed E-state index contributed by atoms with van der Waals surface area (Å²) in [6.07, 6.45) is 2.25. The molecular formula is C10H12N4O3. The molecule has 2 heterocycles. The number of amides is 2. The average Bonchev–Trinajstić information content (AvgIpc) is 2.69. The van der Waals surface area contributed by atoms with E-state index in [0.29, 0.717) is 19.0 Å². The van der Waals surface area contributed by atoms with Gasteiger partial charge < -0.3 is 10.1 Å². The van der Waals surface area contributed by atoms with Gasteiger partial charge >= 0.3 is 6.09 Å². The van der Waals surface area contributed by atoms with Crippen molar-refractivity contribution >= 4 is 17.9 Å². The number of anilines is 1. The maximum absolute atomic E-state index is 11.5. The van der Waals surface area contributed by atoms with Crippen LogP contribution in [0.5, 0.6) is 0 Å². The number of hydrogen-bond donors (Lipinski definition) is 1. The Kier molecular flexibility index (Phi) is 3.17. The first-order valence-electron chi connectivity index (χ1n) is 5.16. The number of cyclic esters (lactones) is 1. The molecule has 1 saturated heterocycles. The maximum Gasteiger partial charge on any atom is 0.417 e. The van der Waals surface area contributed by atoms with Crippen LogP contribution in [-0.4, -0.2) is 41.2 Å². The minimum Gasteiger partial charge on any atom is -0.442 e. The topological polar surface area (TPSA) is 84.4 Å². The molecule has 0 aromatic carbocycles. The lowest BCUT2D eigenvalue weighted by Gasteiger charge is -2.09. The molecule has 90 valence electrons. The molecule has 0 radical (unpaired) electrons. The quantitative estimate of drug-likeness (QED) is 0.794. The Balaban J connectivity index is 1.98. The molecule has 0 spiro atoms. The summed E-state index contributed by atoms with van der Waals surface area (Å²) in [5.41, 5.74) is 0. The third-order valence-corrected chi connectivity index (χ3v) is 2.25. The first kappa shape index (κ1) is 11.3. The summed E-state index contributed by atoms with van der Waals surface area (Å²) in [6, 6.07) is 1.67. The zero-order chi connectivity index (χ0) is 12.3. The van der Waals surface area contributed by atoms with E-state index in [-0.39, 0.29) is 12.0 Å². The van der Waals surface area contributed by atoms with Crippen molar-refractivity contribution in [3.63, 3.8) is 0 Å². The summed E-state index contributed by atoms with van der Waals surface area (Å²) in [4.78, 5) is 31.6. The molecule has 7 heteroatoms. The predicted molar refractivity (Wildman–Crippen MR) is 58.3 cm³/mol. The Hall–Kier alpha value is -2.18. The first-order chi connectivity index (χ1) is 8.16. The molecule has 17 heavy (non-hydrogen) atoms. The lowest BCUT2D eigenvalue weighted by atomic mass is 10.3. The van der Waals surface area contributed by atoms with Crippen LogP contribution in [0.15, 0.2) is 18.5 Å². The van der Waals surface area contributed by atoms with Gasteiger partial charge in [0.1, 0.15) is 6.10 Å². The van der Waals surface area contributed by atoms with E-state index in [2.05, 4.69) is 15.3 Å². The largest absolute Gasteiger partial charge is 0.442 e. The van der Waals surface area contributed by atoms with Crippen LogP contribution < -0.4 is 10.2 Å². The van der Waals surface area contributed by atoms with Gasteiger partial charge in [0.15, 0.2) is 0 Å². The van der Waals surface area contributed by atoms with Crippen molar-refractivity contribution in [3.05, 3.63) is 18.5 Å². The molecule has 1 atom stereocenters. The molecule has 1 aromatic rings. The van der Waals surface area contributed by atoms with Crippen LogP contribution in [0.25, 0.3) is 0 Å². The third-order valence-electron chi connectivity index (χ3n) is 2.25. The number of aromatic nitrogens is 2. The van der Waals surface area contributed by atoms with Crippen molar-refractivity contribution < 1.29 is 14.3 Å². The van der Waals surface area contributed by atoms with E-state index in [9.17, 15) is 9.59 Å². The van der Waals surface area contributed by atoms with Crippen LogP contribution in [0, 0.1) is 0 Å². The maximum atomic E-state index is 11.5. The fraction of sp³-hybridized carbons (Fsp3) is 0.400. The lowest BCUT2D eigenvalue weighted by molar-refractivity contribution is -0.119. The Morgan fingerprint density at radius 1 is 1.59 bits per heavy atom. The van der Waals surface area contributed by atoms with Crippen LogP contribution in [-0.2, 0) is 9.53 Å². The molecule has 2 amide bonds. The summed E-state index contributed by atoms with van der Waals surface area (Å²) >= 11 is 0. The Labute approximate surface area is 97.8 Å². The lowest BCUT2D eigenvalue weighted by Crippen LogP contribution is -2.33. The van der Waals surface area contributed by atoms with E-state index in [4.69, 9.17) is 4.74 Å². The molecular weight excluding hydrogens is 224 g/mol. The molecule has 1 fully saturated rings. The van der Waals surface area contributed by atoms with E-state index < -0.39 is 6.09 Å². The Morgan fingerprint density at radius 2 is 2.29 bits per heavy atom. The van der Waals surface area contributed by atoms with E-state index in [1.807, 2.05) is 0 Å². The van der Waals surface area contributed by atoms with Crippen molar-refractivity contribution in [3.8, 4) is 0 Å². The highest BCUT2D eigenvalue weighted by Gasteiger charge is 2.33. The molecule has 1 aliphatic heterocycles. The predicted octanol–water partition coefficient (Wildman–Crippen LogP) is -0.0621. The number of nitrogens with zero attached hydrogens (tertiary/aromatic N) is 3. The van der Waals surface area contributed by atoms with Crippen LogP contribution >= 0.6 is 0 Å². The smallest absolute Gasteiger partial charge is 0.417 e. The number of rotatable bonds is 3. The van der Waals surface area contributed by atoms with E-state index in [1.165, 1.54) is 11.8 Å². The second-order valence-corrected chi connectivity index (χ2v) is 3.60. The number of carbonyl (C=O) groups is 2. The van der Waals surface area contributed by atoms with Gasteiger partial charge in [-0.25, -0.2) is 19.7 Å². The summed E-state index contributed by atoms with van der Waals surface area (Å²) in [6.45, 7) is 2.04. The zero-order valence-electron chi connectivity index (χ0n) is 9.29. The van der Waals surface area contributed by atoms with E-state index >= 15 is 0 Å². The SMILES string of the molecule is CC(=O)NCC1CN(c2ncccn2)C(=O)O1. The van der Waals surface area contributed by atoms with Crippen LogP contribution in [0.3, 0.4) is 0 Å². The molecule has 1 aliphatic rings. The van der Waals surface area contributed by atoms with Crippen molar-refractivity contribution in [1.29, 1.82) is 0 Å². The summed E-state index contributed by atoms with van der Waals surface area (Å²) in [5.74, 6) is 0.151. The molecule has 1 N–H and O–H groups in total. The normalized spacial score (nSPS) is 19.0. The zero-order valence-corrected chi connectivity index (χ0v) is 9.29. The van der Waals surface area contributed by atoms with Gasteiger partial charge in [-0.3, -0.25) is 4.79 Å². The first-order valence-corrected chi connectivity index (χ1v) is 5.16. The number of carbonyl (C=O) groups excluding carboxylic acids is 2. The Bertz CT molecular complexity index is 423. The van der Waals surface area contributed by atoms with Crippen molar-refractivity contribution in [2.45, 2.75) is 13.0 Å². The average molecular weight is 236 g/mol. The molecule has 1 unspecified atom stereocenters. The highest BCUT2D eigenvalue weighted by Crippen LogP contribution is 2.16. The number of ether oxygens (including phenoxy) is 1. The monoisotopic (exact) mass is 236 g/mol. The summed E-state index contributed by atoms with van der Waals surface area (Å²) < 4.78 is 5.07. The van der Waals surface area contributed by atoms with Gasteiger partial charge in [-0.1, -0.05) is 0 Å².